The highest BCUT2D eigenvalue weighted by atomic mass is 35.5. The maximum absolute atomic E-state index is 12.7. The van der Waals surface area contributed by atoms with Crippen LogP contribution in [0, 0.1) is 5.92 Å². The third-order valence-electron chi connectivity index (χ3n) is 4.15. The summed E-state index contributed by atoms with van der Waals surface area (Å²) in [6.07, 6.45) is 6.04. The van der Waals surface area contributed by atoms with Crippen LogP contribution in [0.3, 0.4) is 0 Å². The number of pyridine rings is 2. The lowest BCUT2D eigenvalue weighted by atomic mass is 10.0. The van der Waals surface area contributed by atoms with E-state index in [9.17, 15) is 4.79 Å². The normalized spacial score (nSPS) is 14.4. The Hall–Kier alpha value is -2.13. The van der Waals surface area contributed by atoms with Crippen LogP contribution in [-0.2, 0) is 6.54 Å². The molecule has 1 saturated carbocycles. The van der Waals surface area contributed by atoms with Crippen LogP contribution < -0.4 is 5.56 Å². The molecule has 1 aromatic carbocycles. The highest BCUT2D eigenvalue weighted by Gasteiger charge is 2.23. The van der Waals surface area contributed by atoms with Gasteiger partial charge in [-0.3, -0.25) is 9.78 Å². The standard InChI is InChI=1S/C18H15ClN2O/c19-16-6-2-1-4-13(16)15-11-21(10-12-7-8-12)18(22)14-5-3-9-20-17(14)15/h1-6,9,11-12H,7-8,10H2. The number of aromatic nitrogens is 2. The Balaban J connectivity index is 2.02. The van der Waals surface area contributed by atoms with E-state index >= 15 is 0 Å². The number of nitrogens with zero attached hydrogens (tertiary/aromatic N) is 2. The predicted octanol–water partition coefficient (Wildman–Crippen LogP) is 4.13. The second kappa shape index (κ2) is 5.25. The average molecular weight is 311 g/mol. The third-order valence-corrected chi connectivity index (χ3v) is 4.48. The largest absolute Gasteiger partial charge is 0.314 e. The minimum atomic E-state index is 0.0332. The smallest absolute Gasteiger partial charge is 0.260 e. The van der Waals surface area contributed by atoms with Gasteiger partial charge in [0.1, 0.15) is 0 Å². The van der Waals surface area contributed by atoms with Crippen LogP contribution in [0.1, 0.15) is 12.8 Å². The van der Waals surface area contributed by atoms with Gasteiger partial charge < -0.3 is 4.57 Å². The number of halogens is 1. The molecule has 0 spiro atoms. The molecule has 1 aliphatic rings. The molecule has 0 N–H and O–H groups in total. The van der Waals surface area contributed by atoms with E-state index in [1.54, 1.807) is 6.20 Å². The summed E-state index contributed by atoms with van der Waals surface area (Å²) in [7, 11) is 0. The highest BCUT2D eigenvalue weighted by Crippen LogP contribution is 2.33. The molecule has 3 aromatic rings. The number of rotatable bonds is 3. The zero-order valence-electron chi connectivity index (χ0n) is 12.0. The molecule has 0 bridgehead atoms. The van der Waals surface area contributed by atoms with Crippen LogP contribution >= 0.6 is 11.6 Å². The van der Waals surface area contributed by atoms with E-state index in [2.05, 4.69) is 4.98 Å². The first-order valence-corrected chi connectivity index (χ1v) is 7.85. The second-order valence-electron chi connectivity index (χ2n) is 5.82. The lowest BCUT2D eigenvalue weighted by Gasteiger charge is -2.12. The van der Waals surface area contributed by atoms with E-state index in [1.165, 1.54) is 12.8 Å². The summed E-state index contributed by atoms with van der Waals surface area (Å²) >= 11 is 6.35. The number of hydrogen-bond donors (Lipinski definition) is 0. The SMILES string of the molecule is O=c1c2cccnc2c(-c2ccccc2Cl)cn1CC1CC1. The molecular weight excluding hydrogens is 296 g/mol. The summed E-state index contributed by atoms with van der Waals surface area (Å²) in [5.41, 5.74) is 2.58. The zero-order valence-corrected chi connectivity index (χ0v) is 12.8. The first-order valence-electron chi connectivity index (χ1n) is 7.47. The van der Waals surface area contributed by atoms with Crippen molar-refractivity contribution in [1.82, 2.24) is 9.55 Å². The van der Waals surface area contributed by atoms with Crippen molar-refractivity contribution in [2.75, 3.05) is 0 Å². The van der Waals surface area contributed by atoms with E-state index < -0.39 is 0 Å². The minimum Gasteiger partial charge on any atom is -0.314 e. The Morgan fingerprint density at radius 2 is 1.95 bits per heavy atom. The predicted molar refractivity (Wildman–Crippen MR) is 89.2 cm³/mol. The van der Waals surface area contributed by atoms with Crippen LogP contribution in [-0.4, -0.2) is 9.55 Å². The van der Waals surface area contributed by atoms with Crippen LogP contribution in [0.15, 0.2) is 53.6 Å². The Morgan fingerprint density at radius 1 is 1.14 bits per heavy atom. The lowest BCUT2D eigenvalue weighted by molar-refractivity contribution is 0.611. The average Bonchev–Trinajstić information content (AvgIpc) is 3.35. The molecule has 0 atom stereocenters. The van der Waals surface area contributed by atoms with E-state index in [0.29, 0.717) is 21.8 Å². The Morgan fingerprint density at radius 3 is 2.73 bits per heavy atom. The van der Waals surface area contributed by atoms with Gasteiger partial charge in [-0.1, -0.05) is 29.8 Å². The Kier molecular flexibility index (Phi) is 3.23. The van der Waals surface area contributed by atoms with Crippen molar-refractivity contribution >= 4 is 22.5 Å². The molecule has 0 unspecified atom stereocenters. The second-order valence-corrected chi connectivity index (χ2v) is 6.23. The lowest BCUT2D eigenvalue weighted by Crippen LogP contribution is -2.21. The molecule has 3 nitrogen and oxygen atoms in total. The van der Waals surface area contributed by atoms with Gasteiger partial charge in [0, 0.05) is 35.1 Å². The molecule has 4 heteroatoms. The van der Waals surface area contributed by atoms with Gasteiger partial charge in [0.2, 0.25) is 0 Å². The fraction of sp³-hybridized carbons (Fsp3) is 0.222. The summed E-state index contributed by atoms with van der Waals surface area (Å²) in [5.74, 6) is 0.630. The van der Waals surface area contributed by atoms with E-state index in [1.807, 2.05) is 47.2 Å². The Bertz CT molecular complexity index is 912. The van der Waals surface area contributed by atoms with Gasteiger partial charge in [0.25, 0.3) is 5.56 Å². The van der Waals surface area contributed by atoms with Crippen LogP contribution in [0.4, 0.5) is 0 Å². The first kappa shape index (κ1) is 13.5. The maximum Gasteiger partial charge on any atom is 0.260 e. The van der Waals surface area contributed by atoms with Crippen molar-refractivity contribution in [2.24, 2.45) is 5.92 Å². The van der Waals surface area contributed by atoms with Crippen molar-refractivity contribution in [1.29, 1.82) is 0 Å². The molecule has 0 amide bonds. The molecule has 2 aromatic heterocycles. The number of benzene rings is 1. The van der Waals surface area contributed by atoms with Gasteiger partial charge in [-0.2, -0.15) is 0 Å². The van der Waals surface area contributed by atoms with E-state index in [4.69, 9.17) is 11.6 Å². The van der Waals surface area contributed by atoms with Crippen molar-refractivity contribution in [3.63, 3.8) is 0 Å². The Labute approximate surface area is 133 Å². The van der Waals surface area contributed by atoms with Crippen LogP contribution in [0.5, 0.6) is 0 Å². The van der Waals surface area contributed by atoms with Crippen molar-refractivity contribution in [3.05, 3.63) is 64.2 Å². The minimum absolute atomic E-state index is 0.0332. The van der Waals surface area contributed by atoms with Gasteiger partial charge >= 0.3 is 0 Å². The van der Waals surface area contributed by atoms with Gasteiger partial charge in [-0.05, 0) is 37.0 Å². The van der Waals surface area contributed by atoms with Crippen LogP contribution in [0.2, 0.25) is 5.02 Å². The molecule has 1 fully saturated rings. The molecule has 2 heterocycles. The fourth-order valence-electron chi connectivity index (χ4n) is 2.81. The summed E-state index contributed by atoms with van der Waals surface area (Å²) < 4.78 is 1.82. The van der Waals surface area contributed by atoms with Gasteiger partial charge in [-0.15, -0.1) is 0 Å². The summed E-state index contributed by atoms with van der Waals surface area (Å²) in [6, 6.07) is 11.3. The third kappa shape index (κ3) is 2.32. The molecule has 0 saturated heterocycles. The molecular formula is C18H15ClN2O. The fourth-order valence-corrected chi connectivity index (χ4v) is 3.05. The summed E-state index contributed by atoms with van der Waals surface area (Å²) in [6.45, 7) is 0.779. The van der Waals surface area contributed by atoms with Gasteiger partial charge in [-0.25, -0.2) is 0 Å². The topological polar surface area (TPSA) is 34.9 Å². The number of hydrogen-bond acceptors (Lipinski definition) is 2. The van der Waals surface area contributed by atoms with Gasteiger partial charge in [0.05, 0.1) is 10.9 Å². The molecule has 22 heavy (non-hydrogen) atoms. The quantitative estimate of drug-likeness (QED) is 0.729. The van der Waals surface area contributed by atoms with Gasteiger partial charge in [0.15, 0.2) is 0 Å². The zero-order chi connectivity index (χ0) is 15.1. The maximum atomic E-state index is 12.7. The highest BCUT2D eigenvalue weighted by molar-refractivity contribution is 6.33. The van der Waals surface area contributed by atoms with E-state index in [-0.39, 0.29) is 5.56 Å². The molecule has 4 rings (SSSR count). The van der Waals surface area contributed by atoms with Crippen molar-refractivity contribution < 1.29 is 0 Å². The summed E-state index contributed by atoms with van der Waals surface area (Å²) in [5, 5.41) is 1.33. The monoisotopic (exact) mass is 310 g/mol. The molecule has 110 valence electrons. The van der Waals surface area contributed by atoms with E-state index in [0.717, 1.165) is 17.7 Å². The molecule has 1 aliphatic carbocycles. The summed E-state index contributed by atoms with van der Waals surface area (Å²) in [4.78, 5) is 17.1. The molecule has 0 radical (unpaired) electrons. The number of fused-ring (bicyclic) bond motifs is 1. The molecule has 0 aliphatic heterocycles. The van der Waals surface area contributed by atoms with Crippen LogP contribution in [0.25, 0.3) is 22.0 Å². The van der Waals surface area contributed by atoms with Crippen molar-refractivity contribution in [3.8, 4) is 11.1 Å². The van der Waals surface area contributed by atoms with Crippen molar-refractivity contribution in [2.45, 2.75) is 19.4 Å². The first-order chi connectivity index (χ1) is 10.7.